The first-order valence-corrected chi connectivity index (χ1v) is 16.2. The summed E-state index contributed by atoms with van der Waals surface area (Å²) in [4.78, 5) is 36.9. The Morgan fingerprint density at radius 3 is 2.70 bits per heavy atom. The number of carbonyl (C=O) groups excluding carboxylic acids is 1. The maximum Gasteiger partial charge on any atom is 0.227 e. The lowest BCUT2D eigenvalue weighted by Crippen LogP contribution is -2.25. The van der Waals surface area contributed by atoms with Gasteiger partial charge in [0.25, 0.3) is 0 Å². The van der Waals surface area contributed by atoms with Crippen molar-refractivity contribution < 1.29 is 13.9 Å². The van der Waals surface area contributed by atoms with Gasteiger partial charge in [-0.1, -0.05) is 12.8 Å². The van der Waals surface area contributed by atoms with Crippen LogP contribution in [0.4, 0.5) is 10.1 Å². The number of aromatic amines is 2. The quantitative estimate of drug-likeness (QED) is 0.167. The van der Waals surface area contributed by atoms with E-state index in [0.717, 1.165) is 67.3 Å². The fourth-order valence-corrected chi connectivity index (χ4v) is 6.68. The number of aromatic nitrogens is 7. The van der Waals surface area contributed by atoms with Crippen LogP contribution in [0.5, 0.6) is 5.75 Å². The van der Waals surface area contributed by atoms with Gasteiger partial charge in [-0.2, -0.15) is 5.10 Å². The second-order valence-electron chi connectivity index (χ2n) is 12.3. The number of nitrogens with one attached hydrogen (secondary N) is 3. The number of imidazole rings is 1. The summed E-state index contributed by atoms with van der Waals surface area (Å²) in [6.45, 7) is 3.47. The van der Waals surface area contributed by atoms with Gasteiger partial charge in [0.1, 0.15) is 29.4 Å². The van der Waals surface area contributed by atoms with Crippen LogP contribution in [-0.2, 0) is 4.79 Å². The van der Waals surface area contributed by atoms with E-state index in [1.807, 2.05) is 24.3 Å². The van der Waals surface area contributed by atoms with Crippen molar-refractivity contribution in [3.05, 3.63) is 67.0 Å². The number of halogens is 1. The van der Waals surface area contributed by atoms with Crippen molar-refractivity contribution in [1.82, 2.24) is 40.0 Å². The molecule has 1 aliphatic heterocycles. The average Bonchev–Trinajstić information content (AvgIpc) is 3.91. The molecule has 238 valence electrons. The topological polar surface area (TPSA) is 138 Å². The van der Waals surface area contributed by atoms with Gasteiger partial charge in [0.2, 0.25) is 5.91 Å². The van der Waals surface area contributed by atoms with Crippen LogP contribution in [0.2, 0.25) is 0 Å². The zero-order valence-corrected chi connectivity index (χ0v) is 25.8. The van der Waals surface area contributed by atoms with Crippen molar-refractivity contribution in [2.45, 2.75) is 38.5 Å². The van der Waals surface area contributed by atoms with Crippen LogP contribution in [0.25, 0.3) is 56.0 Å². The molecule has 2 fully saturated rings. The van der Waals surface area contributed by atoms with Crippen LogP contribution >= 0.6 is 0 Å². The van der Waals surface area contributed by atoms with Crippen LogP contribution < -0.4 is 10.1 Å². The standard InChI is InChI=1S/C35H34FN9O2/c36-25-13-22(15-27(17-25)47-12-11-45-9-3-4-10-45)30-32-29(7-8-38-30)41-34(42-32)31-28-16-24(19-39-33(28)44-43-31)23-14-26(20-37-18-23)40-35(46)21-5-1-2-6-21/h7-8,13-21H,1-6,9-12H2,(H,40,46)(H,41,42)(H,39,43,44). The number of hydrogen-bond acceptors (Lipinski definition) is 8. The summed E-state index contributed by atoms with van der Waals surface area (Å²) in [5.74, 6) is 0.715. The highest BCUT2D eigenvalue weighted by atomic mass is 19.1. The van der Waals surface area contributed by atoms with E-state index in [0.29, 0.717) is 52.0 Å². The van der Waals surface area contributed by atoms with Crippen LogP contribution in [-0.4, -0.2) is 72.2 Å². The lowest BCUT2D eigenvalue weighted by molar-refractivity contribution is -0.119. The molecule has 3 N–H and O–H groups in total. The predicted octanol–water partition coefficient (Wildman–Crippen LogP) is 6.37. The molecule has 8 rings (SSSR count). The molecule has 0 bridgehead atoms. The van der Waals surface area contributed by atoms with E-state index in [1.165, 1.54) is 25.0 Å². The Kier molecular flexibility index (Phi) is 7.78. The third kappa shape index (κ3) is 6.03. The Morgan fingerprint density at radius 2 is 1.83 bits per heavy atom. The first kappa shape index (κ1) is 29.2. The Morgan fingerprint density at radius 1 is 0.979 bits per heavy atom. The molecule has 1 saturated carbocycles. The molecule has 0 radical (unpaired) electrons. The number of anilines is 1. The van der Waals surface area contributed by atoms with Crippen molar-refractivity contribution in [3.8, 4) is 39.7 Å². The van der Waals surface area contributed by atoms with Gasteiger partial charge in [0.05, 0.1) is 28.5 Å². The summed E-state index contributed by atoms with van der Waals surface area (Å²) < 4.78 is 20.7. The predicted molar refractivity (Wildman–Crippen MR) is 177 cm³/mol. The molecule has 0 spiro atoms. The van der Waals surface area contributed by atoms with E-state index < -0.39 is 5.82 Å². The molecule has 1 amide bonds. The summed E-state index contributed by atoms with van der Waals surface area (Å²) in [5, 5.41) is 11.3. The maximum atomic E-state index is 14.8. The third-order valence-electron chi connectivity index (χ3n) is 9.13. The molecular weight excluding hydrogens is 597 g/mol. The first-order valence-electron chi connectivity index (χ1n) is 16.2. The minimum atomic E-state index is -0.400. The minimum Gasteiger partial charge on any atom is -0.492 e. The largest absolute Gasteiger partial charge is 0.492 e. The molecule has 1 aromatic carbocycles. The van der Waals surface area contributed by atoms with Gasteiger partial charge in [-0.3, -0.25) is 24.8 Å². The smallest absolute Gasteiger partial charge is 0.227 e. The number of hydrogen-bond donors (Lipinski definition) is 3. The monoisotopic (exact) mass is 631 g/mol. The number of likely N-dealkylation sites (tertiary alicyclic amines) is 1. The number of H-pyrrole nitrogens is 2. The Labute approximate surface area is 270 Å². The number of rotatable bonds is 9. The highest BCUT2D eigenvalue weighted by Crippen LogP contribution is 2.34. The Bertz CT molecular complexity index is 2080. The van der Waals surface area contributed by atoms with Crippen molar-refractivity contribution >= 4 is 33.7 Å². The molecule has 5 aromatic heterocycles. The van der Waals surface area contributed by atoms with Gasteiger partial charge in [0, 0.05) is 53.8 Å². The molecule has 0 atom stereocenters. The number of pyridine rings is 3. The zero-order valence-electron chi connectivity index (χ0n) is 25.8. The number of benzene rings is 1. The normalized spacial score (nSPS) is 15.6. The van der Waals surface area contributed by atoms with Crippen LogP contribution in [0, 0.1) is 11.7 Å². The van der Waals surface area contributed by atoms with E-state index >= 15 is 0 Å². The van der Waals surface area contributed by atoms with Gasteiger partial charge in [-0.05, 0) is 69.1 Å². The SMILES string of the molecule is O=C(Nc1cncc(-c2cnc3n[nH]c(-c4nc5c(-c6cc(F)cc(OCCN7CCCC7)c6)nccc5[nH]4)c3c2)c1)C1CCCC1. The first-order chi connectivity index (χ1) is 23.1. The Hall–Kier alpha value is -5.23. The van der Waals surface area contributed by atoms with Gasteiger partial charge in [-0.25, -0.2) is 14.4 Å². The molecule has 47 heavy (non-hydrogen) atoms. The van der Waals surface area contributed by atoms with E-state index in [-0.39, 0.29) is 11.8 Å². The second kappa shape index (κ2) is 12.5. The van der Waals surface area contributed by atoms with E-state index in [9.17, 15) is 9.18 Å². The highest BCUT2D eigenvalue weighted by Gasteiger charge is 2.23. The highest BCUT2D eigenvalue weighted by molar-refractivity contribution is 5.97. The summed E-state index contributed by atoms with van der Waals surface area (Å²) in [5.41, 5.74) is 5.93. The van der Waals surface area contributed by atoms with Gasteiger partial charge in [-0.15, -0.1) is 0 Å². The van der Waals surface area contributed by atoms with Crippen molar-refractivity contribution in [3.63, 3.8) is 0 Å². The molecule has 0 unspecified atom stereocenters. The number of fused-ring (bicyclic) bond motifs is 2. The third-order valence-corrected chi connectivity index (χ3v) is 9.13. The van der Waals surface area contributed by atoms with Crippen molar-refractivity contribution in [2.24, 2.45) is 5.92 Å². The molecular formula is C35H34FN9O2. The van der Waals surface area contributed by atoms with Crippen LogP contribution in [0.15, 0.2) is 61.2 Å². The van der Waals surface area contributed by atoms with Crippen molar-refractivity contribution in [2.75, 3.05) is 31.6 Å². The summed E-state index contributed by atoms with van der Waals surface area (Å²) >= 11 is 0. The zero-order chi connectivity index (χ0) is 31.7. The molecule has 11 nitrogen and oxygen atoms in total. The molecule has 6 aromatic rings. The van der Waals surface area contributed by atoms with Crippen LogP contribution in [0.3, 0.4) is 0 Å². The molecule has 1 aliphatic carbocycles. The number of carbonyl (C=O) groups is 1. The van der Waals surface area contributed by atoms with Gasteiger partial charge in [0.15, 0.2) is 11.5 Å². The number of ether oxygens (including phenoxy) is 1. The number of nitrogens with zero attached hydrogens (tertiary/aromatic N) is 6. The van der Waals surface area contributed by atoms with E-state index in [2.05, 4.69) is 40.3 Å². The molecule has 6 heterocycles. The van der Waals surface area contributed by atoms with E-state index in [1.54, 1.807) is 24.8 Å². The lowest BCUT2D eigenvalue weighted by Gasteiger charge is -2.15. The molecule has 12 heteroatoms. The average molecular weight is 632 g/mol. The van der Waals surface area contributed by atoms with Gasteiger partial charge >= 0.3 is 0 Å². The number of amides is 1. The Balaban J connectivity index is 1.08. The fourth-order valence-electron chi connectivity index (χ4n) is 6.68. The minimum absolute atomic E-state index is 0.0467. The second-order valence-corrected chi connectivity index (χ2v) is 12.3. The summed E-state index contributed by atoms with van der Waals surface area (Å²) in [6.07, 6.45) is 13.3. The fraction of sp³-hybridized carbons (Fsp3) is 0.314. The van der Waals surface area contributed by atoms with Crippen molar-refractivity contribution in [1.29, 1.82) is 0 Å². The van der Waals surface area contributed by atoms with Crippen LogP contribution in [0.1, 0.15) is 38.5 Å². The lowest BCUT2D eigenvalue weighted by atomic mass is 10.1. The maximum absolute atomic E-state index is 14.8. The summed E-state index contributed by atoms with van der Waals surface area (Å²) in [7, 11) is 0. The van der Waals surface area contributed by atoms with E-state index in [4.69, 9.17) is 9.72 Å². The molecule has 1 saturated heterocycles. The molecule has 2 aliphatic rings. The summed E-state index contributed by atoms with van der Waals surface area (Å²) in [6, 6.07) is 10.4. The van der Waals surface area contributed by atoms with Gasteiger partial charge < -0.3 is 15.0 Å².